The molecule has 0 saturated heterocycles. The average Bonchev–Trinajstić information content (AvgIpc) is 3.49. The van der Waals surface area contributed by atoms with Crippen molar-refractivity contribution in [1.29, 1.82) is 0 Å². The molecule has 7 aromatic rings. The minimum atomic E-state index is 0.135. The molecule has 1 spiro atoms. The van der Waals surface area contributed by atoms with Crippen molar-refractivity contribution >= 4 is 27.8 Å². The van der Waals surface area contributed by atoms with Gasteiger partial charge >= 0.3 is 0 Å². The molecule has 0 radical (unpaired) electrons. The summed E-state index contributed by atoms with van der Waals surface area (Å²) in [6.45, 7) is 0. The van der Waals surface area contributed by atoms with Crippen LogP contribution in [0.3, 0.4) is 0 Å². The Morgan fingerprint density at radius 3 is 1.71 bits per heavy atom. The highest BCUT2D eigenvalue weighted by Gasteiger charge is 2.61. The SMILES string of the molecule is c1ccc(-c2ccc(N(c3ccc(-c4cccc5ccccc45)cc3)c3cccc4c3-c3ccccc3C43C4CC5CC(C4)CC3C5)cc2)cc1. The first kappa shape index (κ1) is 29.3. The van der Waals surface area contributed by atoms with Gasteiger partial charge in [-0.3, -0.25) is 0 Å². The summed E-state index contributed by atoms with van der Waals surface area (Å²) in [4.78, 5) is 2.53. The molecule has 1 heteroatoms. The van der Waals surface area contributed by atoms with Gasteiger partial charge in [0.2, 0.25) is 0 Å². The van der Waals surface area contributed by atoms with E-state index in [4.69, 9.17) is 0 Å². The summed E-state index contributed by atoms with van der Waals surface area (Å²) in [6.07, 6.45) is 7.05. The normalized spacial score (nSPS) is 23.8. The number of benzene rings is 7. The Morgan fingerprint density at radius 1 is 0.412 bits per heavy atom. The van der Waals surface area contributed by atoms with Crippen molar-refractivity contribution in [3.05, 3.63) is 175 Å². The fourth-order valence-electron chi connectivity index (χ4n) is 11.5. The lowest BCUT2D eigenvalue weighted by atomic mass is 9.43. The Kier molecular flexibility index (Phi) is 6.50. The van der Waals surface area contributed by atoms with E-state index in [1.807, 2.05) is 0 Å². The molecule has 0 N–H and O–H groups in total. The van der Waals surface area contributed by atoms with Crippen molar-refractivity contribution in [2.75, 3.05) is 4.90 Å². The van der Waals surface area contributed by atoms with E-state index in [9.17, 15) is 0 Å². The molecule has 1 nitrogen and oxygen atoms in total. The van der Waals surface area contributed by atoms with Crippen LogP contribution in [0.2, 0.25) is 0 Å². The lowest BCUT2D eigenvalue weighted by Gasteiger charge is -2.61. The second-order valence-corrected chi connectivity index (χ2v) is 15.7. The van der Waals surface area contributed by atoms with E-state index in [2.05, 4.69) is 169 Å². The predicted octanol–water partition coefficient (Wildman–Crippen LogP) is 13.4. The van der Waals surface area contributed by atoms with E-state index in [0.29, 0.717) is 0 Å². The third kappa shape index (κ3) is 4.34. The van der Waals surface area contributed by atoms with Crippen molar-refractivity contribution in [2.24, 2.45) is 23.7 Å². The molecule has 4 bridgehead atoms. The van der Waals surface area contributed by atoms with Gasteiger partial charge in [0.15, 0.2) is 0 Å². The molecule has 5 aliphatic carbocycles. The Labute approximate surface area is 301 Å². The summed E-state index contributed by atoms with van der Waals surface area (Å²) in [5.74, 6) is 3.34. The highest BCUT2D eigenvalue weighted by atomic mass is 15.1. The molecule has 5 aliphatic rings. The van der Waals surface area contributed by atoms with E-state index >= 15 is 0 Å². The second-order valence-electron chi connectivity index (χ2n) is 15.7. The van der Waals surface area contributed by atoms with Crippen molar-refractivity contribution in [2.45, 2.75) is 37.5 Å². The summed E-state index contributed by atoms with van der Waals surface area (Å²) in [7, 11) is 0. The van der Waals surface area contributed by atoms with Gasteiger partial charge in [-0.1, -0.05) is 133 Å². The van der Waals surface area contributed by atoms with Crippen LogP contribution in [0.4, 0.5) is 17.1 Å². The first-order valence-corrected chi connectivity index (χ1v) is 19.0. The van der Waals surface area contributed by atoms with E-state index in [0.717, 1.165) is 23.7 Å². The number of hydrogen-bond donors (Lipinski definition) is 0. The zero-order chi connectivity index (χ0) is 33.5. The van der Waals surface area contributed by atoms with Gasteiger partial charge in [0.1, 0.15) is 0 Å². The highest BCUT2D eigenvalue weighted by molar-refractivity contribution is 5.98. The van der Waals surface area contributed by atoms with Crippen LogP contribution in [-0.4, -0.2) is 0 Å². The van der Waals surface area contributed by atoms with Crippen LogP contribution in [0, 0.1) is 23.7 Å². The number of fused-ring (bicyclic) bond motifs is 4. The fraction of sp³-hybridized carbons (Fsp3) is 0.200. The van der Waals surface area contributed by atoms with Gasteiger partial charge in [-0.25, -0.2) is 0 Å². The molecule has 0 atom stereocenters. The Bertz CT molecular complexity index is 2390. The highest BCUT2D eigenvalue weighted by Crippen LogP contribution is 2.70. The van der Waals surface area contributed by atoms with Gasteiger partial charge < -0.3 is 4.90 Å². The first-order valence-electron chi connectivity index (χ1n) is 19.0. The molecule has 51 heavy (non-hydrogen) atoms. The summed E-state index contributed by atoms with van der Waals surface area (Å²) >= 11 is 0. The van der Waals surface area contributed by atoms with Gasteiger partial charge in [-0.15, -0.1) is 0 Å². The second kappa shape index (κ2) is 11.3. The van der Waals surface area contributed by atoms with E-state index in [1.54, 1.807) is 11.1 Å². The molecule has 0 amide bonds. The van der Waals surface area contributed by atoms with Gasteiger partial charge in [0.25, 0.3) is 0 Å². The van der Waals surface area contributed by atoms with Gasteiger partial charge in [-0.2, -0.15) is 0 Å². The minimum absolute atomic E-state index is 0.135. The lowest BCUT2D eigenvalue weighted by Crippen LogP contribution is -2.55. The fourth-order valence-corrected chi connectivity index (χ4v) is 11.5. The Morgan fingerprint density at radius 2 is 0.961 bits per heavy atom. The maximum atomic E-state index is 2.53. The maximum absolute atomic E-state index is 2.53. The van der Waals surface area contributed by atoms with Gasteiger partial charge in [-0.05, 0) is 136 Å². The van der Waals surface area contributed by atoms with Gasteiger partial charge in [0, 0.05) is 22.4 Å². The van der Waals surface area contributed by atoms with Crippen molar-refractivity contribution < 1.29 is 0 Å². The average molecular weight is 656 g/mol. The van der Waals surface area contributed by atoms with E-state index < -0.39 is 0 Å². The van der Waals surface area contributed by atoms with Crippen LogP contribution in [0.15, 0.2) is 164 Å². The molecule has 7 aromatic carbocycles. The topological polar surface area (TPSA) is 3.24 Å². The van der Waals surface area contributed by atoms with Crippen LogP contribution in [0.25, 0.3) is 44.2 Å². The van der Waals surface area contributed by atoms with Crippen molar-refractivity contribution in [3.8, 4) is 33.4 Å². The Balaban J connectivity index is 1.10. The third-order valence-electron chi connectivity index (χ3n) is 13.3. The summed E-state index contributed by atoms with van der Waals surface area (Å²) in [5.41, 5.74) is 14.9. The number of rotatable bonds is 5. The summed E-state index contributed by atoms with van der Waals surface area (Å²) < 4.78 is 0. The first-order chi connectivity index (χ1) is 25.3. The smallest absolute Gasteiger partial charge is 0.0543 e. The van der Waals surface area contributed by atoms with Crippen molar-refractivity contribution in [1.82, 2.24) is 0 Å². The van der Waals surface area contributed by atoms with E-state index in [-0.39, 0.29) is 5.41 Å². The molecular formula is C50H41N. The Hall–Kier alpha value is -5.40. The molecule has 0 aromatic heterocycles. The van der Waals surface area contributed by atoms with Crippen LogP contribution in [0.5, 0.6) is 0 Å². The minimum Gasteiger partial charge on any atom is -0.310 e. The lowest BCUT2D eigenvalue weighted by molar-refractivity contribution is -0.0399. The van der Waals surface area contributed by atoms with Crippen molar-refractivity contribution in [3.63, 3.8) is 0 Å². The van der Waals surface area contributed by atoms with Crippen LogP contribution >= 0.6 is 0 Å². The summed E-state index contributed by atoms with van der Waals surface area (Å²) in [6, 6.07) is 61.4. The maximum Gasteiger partial charge on any atom is 0.0543 e. The van der Waals surface area contributed by atoms with Gasteiger partial charge in [0.05, 0.1) is 5.69 Å². The number of hydrogen-bond acceptors (Lipinski definition) is 1. The third-order valence-corrected chi connectivity index (χ3v) is 13.3. The predicted molar refractivity (Wildman–Crippen MR) is 213 cm³/mol. The quantitative estimate of drug-likeness (QED) is 0.178. The zero-order valence-corrected chi connectivity index (χ0v) is 28.9. The molecular weight excluding hydrogens is 615 g/mol. The molecule has 246 valence electrons. The van der Waals surface area contributed by atoms with Crippen LogP contribution < -0.4 is 4.90 Å². The standard InChI is InChI=1S/C50H41N/c1-2-10-35(11-3-1)36-20-24-41(25-21-36)51(42-26-22-38(23-27-42)44-16-8-13-37-12-4-5-14-43(37)44)48-19-9-18-47-49(48)45-15-6-7-17-46(45)50(47)39-29-33-28-34(31-39)32-40(50)30-33/h1-27,33-34,39-40H,28-32H2. The van der Waals surface area contributed by atoms with E-state index in [1.165, 1.54) is 93.3 Å². The molecule has 0 unspecified atom stereocenters. The van der Waals surface area contributed by atoms with Crippen LogP contribution in [0.1, 0.15) is 43.2 Å². The molecule has 4 saturated carbocycles. The molecule has 4 fully saturated rings. The zero-order valence-electron chi connectivity index (χ0n) is 28.9. The molecule has 12 rings (SSSR count). The number of nitrogens with zero attached hydrogens (tertiary/aromatic N) is 1. The largest absolute Gasteiger partial charge is 0.310 e. The molecule has 0 aliphatic heterocycles. The molecule has 0 heterocycles. The number of anilines is 3. The van der Waals surface area contributed by atoms with Crippen LogP contribution in [-0.2, 0) is 5.41 Å². The monoisotopic (exact) mass is 655 g/mol. The summed E-state index contributed by atoms with van der Waals surface area (Å²) in [5, 5.41) is 2.57.